The number of fused-ring (bicyclic) bond motifs is 1. The van der Waals surface area contributed by atoms with Crippen molar-refractivity contribution in [2.45, 2.75) is 45.6 Å². The van der Waals surface area contributed by atoms with Crippen LogP contribution >= 0.6 is 23.2 Å². The average molecular weight is 453 g/mol. The molecule has 1 aromatic heterocycles. The van der Waals surface area contributed by atoms with Crippen LogP contribution in [0.1, 0.15) is 50.5 Å². The summed E-state index contributed by atoms with van der Waals surface area (Å²) in [5, 5.41) is 13.4. The first-order valence-electron chi connectivity index (χ1n) is 10.5. The van der Waals surface area contributed by atoms with Gasteiger partial charge in [0.05, 0.1) is 22.6 Å². The Morgan fingerprint density at radius 1 is 1.37 bits per heavy atom. The fraction of sp³-hybridized carbons (Fsp3) is 0.565. The van der Waals surface area contributed by atoms with Gasteiger partial charge in [0.2, 0.25) is 0 Å². The minimum atomic E-state index is -0.818. The first-order chi connectivity index (χ1) is 14.1. The van der Waals surface area contributed by atoms with Gasteiger partial charge in [-0.3, -0.25) is 9.59 Å². The minimum Gasteiger partial charge on any atom is -0.481 e. The maximum Gasteiger partial charge on any atom is 0.306 e. The number of aromatic nitrogens is 1. The summed E-state index contributed by atoms with van der Waals surface area (Å²) < 4.78 is 0. The van der Waals surface area contributed by atoms with Crippen molar-refractivity contribution in [3.8, 4) is 0 Å². The van der Waals surface area contributed by atoms with E-state index in [9.17, 15) is 14.7 Å². The summed E-state index contributed by atoms with van der Waals surface area (Å²) in [5.74, 6) is -1.25. The van der Waals surface area contributed by atoms with Gasteiger partial charge in [-0.05, 0) is 51.1 Å². The SMILES string of the molecule is CN[C@]12C(C(=O)c3cc(Cl)c(Cl)[nH]3)[C@H](/C=C(\C)C[C@@H](C)C(=O)O)C=C[C@@H]1CC[C@@H]2C. The molecule has 0 aromatic carbocycles. The third-order valence-electron chi connectivity index (χ3n) is 7.04. The van der Waals surface area contributed by atoms with E-state index in [2.05, 4.69) is 35.5 Å². The summed E-state index contributed by atoms with van der Waals surface area (Å²) in [5.41, 5.74) is 0.999. The lowest BCUT2D eigenvalue weighted by atomic mass is 9.61. The van der Waals surface area contributed by atoms with Crippen LogP contribution in [0.15, 0.2) is 29.9 Å². The zero-order valence-electron chi connectivity index (χ0n) is 17.8. The Morgan fingerprint density at radius 2 is 2.07 bits per heavy atom. The summed E-state index contributed by atoms with van der Waals surface area (Å²) in [6, 6.07) is 1.60. The quantitative estimate of drug-likeness (QED) is 0.383. The van der Waals surface area contributed by atoms with Gasteiger partial charge in [-0.1, -0.05) is 60.9 Å². The van der Waals surface area contributed by atoms with Gasteiger partial charge in [-0.2, -0.15) is 0 Å². The molecule has 7 heteroatoms. The molecule has 0 radical (unpaired) electrons. The second-order valence-corrected chi connectivity index (χ2v) is 9.66. The number of Topliss-reactive ketones (excluding diaryl/α,β-unsaturated/α-hetero) is 1. The van der Waals surface area contributed by atoms with E-state index in [-0.39, 0.29) is 34.2 Å². The Labute approximate surface area is 187 Å². The largest absolute Gasteiger partial charge is 0.481 e. The highest BCUT2D eigenvalue weighted by atomic mass is 35.5. The van der Waals surface area contributed by atoms with Gasteiger partial charge < -0.3 is 15.4 Å². The van der Waals surface area contributed by atoms with Crippen LogP contribution in [0.4, 0.5) is 0 Å². The second kappa shape index (κ2) is 8.89. The van der Waals surface area contributed by atoms with Crippen LogP contribution in [0.3, 0.4) is 0 Å². The topological polar surface area (TPSA) is 82.2 Å². The summed E-state index contributed by atoms with van der Waals surface area (Å²) in [4.78, 5) is 28.0. The predicted molar refractivity (Wildman–Crippen MR) is 120 cm³/mol. The highest BCUT2D eigenvalue weighted by Gasteiger charge is 2.57. The van der Waals surface area contributed by atoms with Gasteiger partial charge in [-0.25, -0.2) is 0 Å². The molecular weight excluding hydrogens is 423 g/mol. The molecule has 3 N–H and O–H groups in total. The lowest BCUT2D eigenvalue weighted by Gasteiger charge is -2.48. The molecule has 0 bridgehead atoms. The molecule has 0 amide bonds. The molecule has 1 fully saturated rings. The van der Waals surface area contributed by atoms with E-state index >= 15 is 0 Å². The normalized spacial score (nSPS) is 32.1. The van der Waals surface area contributed by atoms with Crippen LogP contribution in [-0.4, -0.2) is 34.4 Å². The van der Waals surface area contributed by atoms with Crippen molar-refractivity contribution < 1.29 is 14.7 Å². The lowest BCUT2D eigenvalue weighted by molar-refractivity contribution is -0.141. The lowest BCUT2D eigenvalue weighted by Crippen LogP contribution is -2.61. The van der Waals surface area contributed by atoms with Crippen LogP contribution in [0.25, 0.3) is 0 Å². The van der Waals surface area contributed by atoms with Crippen molar-refractivity contribution in [1.29, 1.82) is 0 Å². The summed E-state index contributed by atoms with van der Waals surface area (Å²) in [6.07, 6.45) is 8.92. The zero-order valence-corrected chi connectivity index (χ0v) is 19.3. The predicted octanol–water partition coefficient (Wildman–Crippen LogP) is 5.37. The van der Waals surface area contributed by atoms with E-state index in [4.69, 9.17) is 23.2 Å². The van der Waals surface area contributed by atoms with Crippen molar-refractivity contribution in [2.75, 3.05) is 7.05 Å². The van der Waals surface area contributed by atoms with Gasteiger partial charge in [0.25, 0.3) is 0 Å². The van der Waals surface area contributed by atoms with Crippen molar-refractivity contribution in [3.63, 3.8) is 0 Å². The van der Waals surface area contributed by atoms with Crippen LogP contribution < -0.4 is 5.32 Å². The number of carboxylic acids is 1. The second-order valence-electron chi connectivity index (χ2n) is 8.87. The van der Waals surface area contributed by atoms with E-state index in [0.717, 1.165) is 18.4 Å². The molecule has 1 heterocycles. The monoisotopic (exact) mass is 452 g/mol. The van der Waals surface area contributed by atoms with Gasteiger partial charge >= 0.3 is 5.97 Å². The number of hydrogen-bond acceptors (Lipinski definition) is 3. The van der Waals surface area contributed by atoms with Crippen molar-refractivity contribution >= 4 is 35.0 Å². The molecule has 2 aliphatic carbocycles. The number of allylic oxidation sites excluding steroid dienone is 3. The van der Waals surface area contributed by atoms with E-state index in [0.29, 0.717) is 23.1 Å². The number of hydrogen-bond donors (Lipinski definition) is 3. The number of carbonyl (C=O) groups is 2. The molecule has 3 rings (SSSR count). The fourth-order valence-electron chi connectivity index (χ4n) is 5.56. The molecule has 0 saturated heterocycles. The number of carbonyl (C=O) groups excluding carboxylic acids is 1. The van der Waals surface area contributed by atoms with Gasteiger partial charge in [-0.15, -0.1) is 0 Å². The highest BCUT2D eigenvalue weighted by Crippen LogP contribution is 2.52. The Balaban J connectivity index is 2.05. The van der Waals surface area contributed by atoms with Crippen LogP contribution in [0, 0.1) is 29.6 Å². The number of nitrogens with one attached hydrogen (secondary N) is 2. The van der Waals surface area contributed by atoms with Crippen molar-refractivity contribution in [2.24, 2.45) is 29.6 Å². The van der Waals surface area contributed by atoms with Crippen molar-refractivity contribution in [1.82, 2.24) is 10.3 Å². The molecule has 0 aliphatic heterocycles. The number of aliphatic carboxylic acids is 1. The minimum absolute atomic E-state index is 0.0263. The average Bonchev–Trinajstić information content (AvgIpc) is 3.20. The van der Waals surface area contributed by atoms with E-state index in [1.807, 2.05) is 14.0 Å². The number of aromatic amines is 1. The first-order valence-corrected chi connectivity index (χ1v) is 11.2. The van der Waals surface area contributed by atoms with Gasteiger partial charge in [0, 0.05) is 11.5 Å². The van der Waals surface area contributed by atoms with Crippen LogP contribution in [-0.2, 0) is 4.79 Å². The van der Waals surface area contributed by atoms with Gasteiger partial charge in [0.1, 0.15) is 5.15 Å². The number of halogens is 2. The molecule has 30 heavy (non-hydrogen) atoms. The molecular formula is C23H30Cl2N2O3. The third-order valence-corrected chi connectivity index (χ3v) is 7.73. The number of rotatable bonds is 7. The smallest absolute Gasteiger partial charge is 0.306 e. The Morgan fingerprint density at radius 3 is 2.63 bits per heavy atom. The van der Waals surface area contributed by atoms with E-state index < -0.39 is 11.9 Å². The number of ketones is 1. The first kappa shape index (κ1) is 23.1. The molecule has 6 atom stereocenters. The zero-order chi connectivity index (χ0) is 22.2. The third kappa shape index (κ3) is 4.00. The summed E-state index contributed by atoms with van der Waals surface area (Å²) in [6.45, 7) is 5.84. The van der Waals surface area contributed by atoms with E-state index in [1.54, 1.807) is 13.0 Å². The molecule has 164 valence electrons. The van der Waals surface area contributed by atoms with Crippen molar-refractivity contribution in [3.05, 3.63) is 45.7 Å². The molecule has 2 aliphatic rings. The van der Waals surface area contributed by atoms with E-state index in [1.165, 1.54) is 0 Å². The molecule has 1 saturated carbocycles. The maximum absolute atomic E-state index is 13.8. The molecule has 0 spiro atoms. The summed E-state index contributed by atoms with van der Waals surface area (Å²) >= 11 is 12.2. The fourth-order valence-corrected chi connectivity index (χ4v) is 5.87. The standard InChI is InChI=1S/C23H30Cl2N2O3/c1-12(9-13(2)22(29)30)10-15-6-8-16-7-5-14(3)23(16,26-4)19(15)20(28)18-11-17(24)21(25)27-18/h6,8,10-11,13-16,19,26-27H,5,7,9H2,1-4H3,(H,29,30)/b12-10+/t13-,14+,15+,16+,19?,23+/m1/s1. The molecule has 1 unspecified atom stereocenters. The summed E-state index contributed by atoms with van der Waals surface area (Å²) in [7, 11) is 1.93. The Kier molecular flexibility index (Phi) is 6.85. The molecule has 5 nitrogen and oxygen atoms in total. The Bertz CT molecular complexity index is 872. The maximum atomic E-state index is 13.8. The Hall–Kier alpha value is -1.56. The van der Waals surface area contributed by atoms with Crippen LogP contribution in [0.2, 0.25) is 10.2 Å². The molecule has 1 aromatic rings. The number of carboxylic acid groups (broad SMARTS) is 1. The van der Waals surface area contributed by atoms with Crippen LogP contribution in [0.5, 0.6) is 0 Å². The number of H-pyrrole nitrogens is 1. The highest BCUT2D eigenvalue weighted by molar-refractivity contribution is 6.41. The van der Waals surface area contributed by atoms with Gasteiger partial charge in [0.15, 0.2) is 5.78 Å².